The number of anilines is 1. The predicted molar refractivity (Wildman–Crippen MR) is 97.3 cm³/mol. The van der Waals surface area contributed by atoms with Gasteiger partial charge in [-0.1, -0.05) is 18.2 Å². The number of ketones is 1. The van der Waals surface area contributed by atoms with Gasteiger partial charge in [0.15, 0.2) is 5.78 Å². The Morgan fingerprint density at radius 3 is 2.68 bits per heavy atom. The molecule has 2 aromatic carbocycles. The first kappa shape index (κ1) is 16.9. The maximum Gasteiger partial charge on any atom is 0.255 e. The number of amides is 1. The van der Waals surface area contributed by atoms with E-state index in [1.807, 2.05) is 5.38 Å². The van der Waals surface area contributed by atoms with E-state index in [-0.39, 0.29) is 11.7 Å². The largest absolute Gasteiger partial charge is 0.487 e. The van der Waals surface area contributed by atoms with Crippen LogP contribution in [-0.2, 0) is 6.61 Å². The van der Waals surface area contributed by atoms with E-state index in [2.05, 4.69) is 10.3 Å². The van der Waals surface area contributed by atoms with Crippen molar-refractivity contribution in [3.05, 3.63) is 76.2 Å². The van der Waals surface area contributed by atoms with Gasteiger partial charge < -0.3 is 10.1 Å². The van der Waals surface area contributed by atoms with Crippen LogP contribution in [0.3, 0.4) is 0 Å². The Morgan fingerprint density at radius 2 is 1.92 bits per heavy atom. The summed E-state index contributed by atoms with van der Waals surface area (Å²) in [7, 11) is 0. The molecule has 25 heavy (non-hydrogen) atoms. The van der Waals surface area contributed by atoms with Gasteiger partial charge in [-0.15, -0.1) is 11.3 Å². The molecule has 126 valence electrons. The molecule has 1 amide bonds. The number of carbonyl (C=O) groups is 2. The smallest absolute Gasteiger partial charge is 0.255 e. The van der Waals surface area contributed by atoms with E-state index in [9.17, 15) is 9.59 Å². The highest BCUT2D eigenvalue weighted by molar-refractivity contribution is 7.07. The standard InChI is InChI=1S/C19H16N2O3S/c1-13(22)14-4-2-6-16(8-14)21-19(23)15-5-3-7-18(9-15)24-10-17-11-25-12-20-17/h2-9,11-12H,10H2,1H3,(H,21,23). The third-order valence-corrected chi connectivity index (χ3v) is 4.13. The fourth-order valence-corrected chi connectivity index (χ4v) is 2.76. The van der Waals surface area contributed by atoms with Gasteiger partial charge in [-0.3, -0.25) is 9.59 Å². The van der Waals surface area contributed by atoms with Crippen molar-refractivity contribution < 1.29 is 14.3 Å². The minimum absolute atomic E-state index is 0.0477. The van der Waals surface area contributed by atoms with Crippen LogP contribution in [-0.4, -0.2) is 16.7 Å². The summed E-state index contributed by atoms with van der Waals surface area (Å²) < 4.78 is 5.66. The summed E-state index contributed by atoms with van der Waals surface area (Å²) in [5.74, 6) is 0.284. The first-order valence-corrected chi connectivity index (χ1v) is 8.58. The quantitative estimate of drug-likeness (QED) is 0.676. The monoisotopic (exact) mass is 352 g/mol. The van der Waals surface area contributed by atoms with Gasteiger partial charge in [-0.05, 0) is 37.3 Å². The average molecular weight is 352 g/mol. The lowest BCUT2D eigenvalue weighted by Gasteiger charge is -2.09. The number of aromatic nitrogens is 1. The molecule has 0 fully saturated rings. The van der Waals surface area contributed by atoms with E-state index in [0.717, 1.165) is 5.69 Å². The molecule has 0 saturated carbocycles. The van der Waals surface area contributed by atoms with E-state index >= 15 is 0 Å². The van der Waals surface area contributed by atoms with Gasteiger partial charge in [-0.25, -0.2) is 4.98 Å². The third kappa shape index (κ3) is 4.51. The maximum atomic E-state index is 12.4. The van der Waals surface area contributed by atoms with E-state index in [1.165, 1.54) is 18.3 Å². The van der Waals surface area contributed by atoms with Crippen LogP contribution in [0.25, 0.3) is 0 Å². The average Bonchev–Trinajstić information content (AvgIpc) is 3.14. The van der Waals surface area contributed by atoms with Crippen LogP contribution in [0.2, 0.25) is 0 Å². The first-order valence-electron chi connectivity index (χ1n) is 7.64. The van der Waals surface area contributed by atoms with Crippen LogP contribution in [0.1, 0.15) is 33.3 Å². The fraction of sp³-hybridized carbons (Fsp3) is 0.105. The van der Waals surface area contributed by atoms with Gasteiger partial charge in [0.25, 0.3) is 5.91 Å². The molecule has 0 aliphatic carbocycles. The van der Waals surface area contributed by atoms with Crippen molar-refractivity contribution >= 4 is 28.7 Å². The van der Waals surface area contributed by atoms with Crippen molar-refractivity contribution in [3.63, 3.8) is 0 Å². The zero-order valence-electron chi connectivity index (χ0n) is 13.6. The number of nitrogens with zero attached hydrogens (tertiary/aromatic N) is 1. The van der Waals surface area contributed by atoms with Crippen LogP contribution < -0.4 is 10.1 Å². The molecule has 5 nitrogen and oxygen atoms in total. The summed E-state index contributed by atoms with van der Waals surface area (Å²) in [6, 6.07) is 13.8. The van der Waals surface area contributed by atoms with E-state index in [1.54, 1.807) is 54.0 Å². The Balaban J connectivity index is 1.68. The van der Waals surface area contributed by atoms with E-state index in [4.69, 9.17) is 4.74 Å². The maximum absolute atomic E-state index is 12.4. The summed E-state index contributed by atoms with van der Waals surface area (Å²) in [6.07, 6.45) is 0. The molecule has 0 unspecified atom stereocenters. The van der Waals surface area contributed by atoms with Crippen LogP contribution in [0.5, 0.6) is 5.75 Å². The predicted octanol–water partition coefficient (Wildman–Crippen LogP) is 4.18. The normalized spacial score (nSPS) is 10.3. The first-order chi connectivity index (χ1) is 12.1. The minimum atomic E-state index is -0.264. The molecule has 0 aliphatic heterocycles. The van der Waals surface area contributed by atoms with Crippen LogP contribution >= 0.6 is 11.3 Å². The zero-order valence-corrected chi connectivity index (χ0v) is 14.4. The molecule has 0 radical (unpaired) electrons. The highest BCUT2D eigenvalue weighted by Crippen LogP contribution is 2.17. The Hall–Kier alpha value is -2.99. The highest BCUT2D eigenvalue weighted by Gasteiger charge is 2.09. The molecule has 0 saturated heterocycles. The zero-order chi connectivity index (χ0) is 17.6. The van der Waals surface area contributed by atoms with E-state index in [0.29, 0.717) is 29.2 Å². The Labute approximate surface area is 149 Å². The van der Waals surface area contributed by atoms with Crippen molar-refractivity contribution in [3.8, 4) is 5.75 Å². The lowest BCUT2D eigenvalue weighted by atomic mass is 10.1. The lowest BCUT2D eigenvalue weighted by molar-refractivity contribution is 0.101. The molecule has 6 heteroatoms. The molecular formula is C19H16N2O3S. The molecule has 0 aliphatic rings. The topological polar surface area (TPSA) is 68.3 Å². The molecule has 3 aromatic rings. The highest BCUT2D eigenvalue weighted by atomic mass is 32.1. The number of carbonyl (C=O) groups excluding carboxylic acids is 2. The summed E-state index contributed by atoms with van der Waals surface area (Å²) in [5, 5.41) is 4.71. The molecule has 0 atom stereocenters. The van der Waals surface area contributed by atoms with Gasteiger partial charge in [0.05, 0.1) is 11.2 Å². The molecule has 0 spiro atoms. The summed E-state index contributed by atoms with van der Waals surface area (Å²) in [4.78, 5) is 28.0. The summed E-state index contributed by atoms with van der Waals surface area (Å²) in [5.41, 5.74) is 4.20. The van der Waals surface area contributed by atoms with Gasteiger partial charge in [0, 0.05) is 22.2 Å². The second-order valence-corrected chi connectivity index (χ2v) is 6.11. The SMILES string of the molecule is CC(=O)c1cccc(NC(=O)c2cccc(OCc3cscn3)c2)c1. The van der Waals surface area contributed by atoms with Crippen molar-refractivity contribution in [2.45, 2.75) is 13.5 Å². The number of hydrogen-bond acceptors (Lipinski definition) is 5. The Morgan fingerprint density at radius 1 is 1.12 bits per heavy atom. The van der Waals surface area contributed by atoms with E-state index < -0.39 is 0 Å². The second kappa shape index (κ2) is 7.72. The van der Waals surface area contributed by atoms with Gasteiger partial charge >= 0.3 is 0 Å². The van der Waals surface area contributed by atoms with Gasteiger partial charge in [0.2, 0.25) is 0 Å². The third-order valence-electron chi connectivity index (χ3n) is 3.49. The molecule has 0 bridgehead atoms. The summed E-state index contributed by atoms with van der Waals surface area (Å²) >= 11 is 1.51. The number of benzene rings is 2. The Kier molecular flexibility index (Phi) is 5.20. The Bertz CT molecular complexity index is 891. The van der Waals surface area contributed by atoms with Gasteiger partial charge in [-0.2, -0.15) is 0 Å². The molecule has 3 rings (SSSR count). The van der Waals surface area contributed by atoms with Crippen molar-refractivity contribution in [1.82, 2.24) is 4.98 Å². The number of rotatable bonds is 6. The number of ether oxygens (including phenoxy) is 1. The van der Waals surface area contributed by atoms with Crippen LogP contribution in [0.4, 0.5) is 5.69 Å². The van der Waals surface area contributed by atoms with Crippen molar-refractivity contribution in [1.29, 1.82) is 0 Å². The molecule has 1 N–H and O–H groups in total. The number of nitrogens with one attached hydrogen (secondary N) is 1. The number of Topliss-reactive ketones (excluding diaryl/α,β-unsaturated/α-hetero) is 1. The minimum Gasteiger partial charge on any atom is -0.487 e. The second-order valence-electron chi connectivity index (χ2n) is 5.39. The van der Waals surface area contributed by atoms with Crippen LogP contribution in [0.15, 0.2) is 59.4 Å². The molecular weight excluding hydrogens is 336 g/mol. The summed E-state index contributed by atoms with van der Waals surface area (Å²) in [6.45, 7) is 1.85. The number of thiazole rings is 1. The lowest BCUT2D eigenvalue weighted by Crippen LogP contribution is -2.12. The van der Waals surface area contributed by atoms with Crippen LogP contribution in [0, 0.1) is 0 Å². The number of hydrogen-bond donors (Lipinski definition) is 1. The van der Waals surface area contributed by atoms with Crippen molar-refractivity contribution in [2.24, 2.45) is 0 Å². The molecule has 1 heterocycles. The molecule has 1 aromatic heterocycles. The van der Waals surface area contributed by atoms with Gasteiger partial charge in [0.1, 0.15) is 12.4 Å². The fourth-order valence-electron chi connectivity index (χ4n) is 2.21. The van der Waals surface area contributed by atoms with Crippen molar-refractivity contribution in [2.75, 3.05) is 5.32 Å².